The molecule has 1 aliphatic rings. The van der Waals surface area contributed by atoms with E-state index in [-0.39, 0.29) is 49.5 Å². The fourth-order valence-electron chi connectivity index (χ4n) is 4.36. The highest BCUT2D eigenvalue weighted by molar-refractivity contribution is 6.71. The van der Waals surface area contributed by atoms with Gasteiger partial charge < -0.3 is 46.1 Å². The third-order valence-corrected chi connectivity index (χ3v) is 9.98. The van der Waals surface area contributed by atoms with Crippen molar-refractivity contribution in [2.45, 2.75) is 117 Å². The molecule has 0 saturated carbocycles. The van der Waals surface area contributed by atoms with Crippen LogP contribution in [-0.2, 0) is 55.7 Å². The smallest absolute Gasteiger partial charge is 0.376 e. The van der Waals surface area contributed by atoms with E-state index < -0.39 is 69.6 Å². The van der Waals surface area contributed by atoms with Crippen molar-refractivity contribution in [2.24, 2.45) is 0 Å². The lowest BCUT2D eigenvalue weighted by atomic mass is 10.2. The van der Waals surface area contributed by atoms with Gasteiger partial charge in [-0.3, -0.25) is 0 Å². The van der Waals surface area contributed by atoms with E-state index in [0.717, 1.165) is 0 Å². The minimum atomic E-state index is -2.17. The lowest BCUT2D eigenvalue weighted by molar-refractivity contribution is -0.142. The second kappa shape index (κ2) is 17.6. The summed E-state index contributed by atoms with van der Waals surface area (Å²) in [7, 11) is -6.10. The molecule has 16 heteroatoms. The zero-order chi connectivity index (χ0) is 35.7. The van der Waals surface area contributed by atoms with E-state index in [2.05, 4.69) is 78.6 Å². The van der Waals surface area contributed by atoms with E-state index in [9.17, 15) is 9.59 Å². The molecule has 268 valence electrons. The van der Waals surface area contributed by atoms with Crippen LogP contribution in [0.3, 0.4) is 0 Å². The molecule has 1 rings (SSSR count). The van der Waals surface area contributed by atoms with Crippen LogP contribution in [-0.4, -0.2) is 110 Å². The Morgan fingerprint density at radius 2 is 0.696 bits per heavy atom. The fraction of sp³-hybridized carbons (Fsp3) is 0.800. The maximum atomic E-state index is 13.0. The summed E-state index contributed by atoms with van der Waals surface area (Å²) >= 11 is 0. The molecule has 0 saturated heterocycles. The number of hydrogen-bond acceptors (Lipinski definition) is 12. The van der Waals surface area contributed by atoms with E-state index in [0.29, 0.717) is 0 Å². The first kappa shape index (κ1) is 42.4. The van der Waals surface area contributed by atoms with Crippen LogP contribution in [0, 0.1) is 0 Å². The molecule has 0 fully saturated rings. The number of methoxy groups -OCH3 is 2. The maximum absolute atomic E-state index is 13.0. The van der Waals surface area contributed by atoms with Crippen molar-refractivity contribution in [1.29, 1.82) is 0 Å². The molecule has 46 heavy (non-hydrogen) atoms. The first-order valence-corrected chi connectivity index (χ1v) is 29.3. The molecule has 1 aliphatic heterocycles. The van der Waals surface area contributed by atoms with Crippen LogP contribution in [0.5, 0.6) is 0 Å². The van der Waals surface area contributed by atoms with Gasteiger partial charge >= 0.3 is 11.9 Å². The Morgan fingerprint density at radius 3 is 0.891 bits per heavy atom. The predicted molar refractivity (Wildman–Crippen MR) is 186 cm³/mol. The maximum Gasteiger partial charge on any atom is 0.376 e. The summed E-state index contributed by atoms with van der Waals surface area (Å²) in [6.45, 7) is 27.9. The van der Waals surface area contributed by atoms with Crippen molar-refractivity contribution < 1.29 is 55.7 Å². The minimum absolute atomic E-state index is 0.0153. The van der Waals surface area contributed by atoms with Crippen molar-refractivity contribution in [2.75, 3.05) is 40.6 Å². The molecule has 12 nitrogen and oxygen atoms in total. The molecule has 0 aromatic carbocycles. The standard InChI is InChI=1S/C30H60O12Si4/c1-21-27(29(31)33-3)37-19-25(41-45(11,12)13)24(40-44(8,9)10)18-36-22(2)28(30(32)34-4)38-20-26(42-46(14,15)16)23(17-35-21)39-43(5,6)7/h23-26H,17-20H2,1-16H3/b27-21-,28-22+/t23-,24?,25-,26?/m1/s1. The van der Waals surface area contributed by atoms with Gasteiger partial charge in [-0.2, -0.15) is 0 Å². The number of ether oxygens (including phenoxy) is 6. The van der Waals surface area contributed by atoms with Crippen LogP contribution in [0.4, 0.5) is 0 Å². The van der Waals surface area contributed by atoms with E-state index in [1.54, 1.807) is 13.8 Å². The molecule has 0 spiro atoms. The van der Waals surface area contributed by atoms with Gasteiger partial charge in [0.1, 0.15) is 62.4 Å². The molecular weight excluding hydrogens is 665 g/mol. The number of allylic oxidation sites excluding steroid dienone is 2. The molecular formula is C30H60O12Si4. The van der Waals surface area contributed by atoms with Gasteiger partial charge in [-0.05, 0) is 92.4 Å². The van der Waals surface area contributed by atoms with Gasteiger partial charge in [0.25, 0.3) is 0 Å². The second-order valence-corrected chi connectivity index (χ2v) is 32.9. The molecule has 1 heterocycles. The van der Waals surface area contributed by atoms with Crippen LogP contribution in [0.2, 0.25) is 78.6 Å². The van der Waals surface area contributed by atoms with Gasteiger partial charge in [-0.1, -0.05) is 0 Å². The Morgan fingerprint density at radius 1 is 0.478 bits per heavy atom. The number of carbonyl (C=O) groups is 2. The van der Waals surface area contributed by atoms with E-state index in [1.165, 1.54) is 14.2 Å². The Bertz CT molecular complexity index is 984. The van der Waals surface area contributed by atoms with Crippen LogP contribution in [0.15, 0.2) is 23.0 Å². The molecule has 0 bridgehead atoms. The average Bonchev–Trinajstić information content (AvgIpc) is 2.88. The van der Waals surface area contributed by atoms with Gasteiger partial charge in [0, 0.05) is 0 Å². The van der Waals surface area contributed by atoms with Gasteiger partial charge in [0.05, 0.1) is 14.2 Å². The van der Waals surface area contributed by atoms with Crippen molar-refractivity contribution in [1.82, 2.24) is 0 Å². The van der Waals surface area contributed by atoms with E-state index in [4.69, 9.17) is 46.1 Å². The Hall–Kier alpha value is -1.67. The van der Waals surface area contributed by atoms with E-state index in [1.807, 2.05) is 0 Å². The summed E-state index contributed by atoms with van der Waals surface area (Å²) in [5, 5.41) is 0. The Balaban J connectivity index is 3.86. The highest BCUT2D eigenvalue weighted by atomic mass is 28.4. The molecule has 0 aliphatic carbocycles. The summed E-state index contributed by atoms with van der Waals surface area (Å²) in [5.41, 5.74) is 0. The number of hydrogen-bond donors (Lipinski definition) is 0. The minimum Gasteiger partial charge on any atom is -0.491 e. The normalized spacial score (nSPS) is 26.6. The highest BCUT2D eigenvalue weighted by Gasteiger charge is 2.37. The SMILES string of the molecule is COC(=O)/C1=C(\C)OC[C@@H](O[Si](C)(C)C)C(O[Si](C)(C)C)CO/C(C(=O)OC)=C(\C)OCC(O[Si](C)(C)C)[C@H](O[Si](C)(C)C)CO1. The topological polar surface area (TPSA) is 126 Å². The van der Waals surface area contributed by atoms with Crippen molar-refractivity contribution in [3.05, 3.63) is 23.0 Å². The number of carbonyl (C=O) groups excluding carboxylic acids is 2. The Kier molecular flexibility index (Phi) is 16.2. The third kappa shape index (κ3) is 16.4. The molecule has 2 unspecified atom stereocenters. The molecule has 0 amide bonds. The van der Waals surface area contributed by atoms with Gasteiger partial charge in [0.2, 0.25) is 11.5 Å². The summed E-state index contributed by atoms with van der Waals surface area (Å²) in [6, 6.07) is 0. The van der Waals surface area contributed by atoms with Crippen molar-refractivity contribution in [3.8, 4) is 0 Å². The summed E-state index contributed by atoms with van der Waals surface area (Å²) in [5.74, 6) is -1.11. The van der Waals surface area contributed by atoms with Crippen LogP contribution >= 0.6 is 0 Å². The van der Waals surface area contributed by atoms with Crippen LogP contribution < -0.4 is 0 Å². The predicted octanol–water partition coefficient (Wildman–Crippen LogP) is 5.76. The highest BCUT2D eigenvalue weighted by Crippen LogP contribution is 2.25. The zero-order valence-corrected chi connectivity index (χ0v) is 35.0. The molecule has 0 N–H and O–H groups in total. The van der Waals surface area contributed by atoms with Crippen LogP contribution in [0.25, 0.3) is 0 Å². The molecule has 4 atom stereocenters. The van der Waals surface area contributed by atoms with Gasteiger partial charge in [-0.15, -0.1) is 0 Å². The molecule has 0 aromatic rings. The first-order chi connectivity index (χ1) is 20.9. The summed E-state index contributed by atoms with van der Waals surface area (Å²) in [4.78, 5) is 25.9. The summed E-state index contributed by atoms with van der Waals surface area (Å²) in [6.07, 6.45) is -2.49. The Labute approximate surface area is 280 Å². The van der Waals surface area contributed by atoms with Crippen molar-refractivity contribution in [3.63, 3.8) is 0 Å². The van der Waals surface area contributed by atoms with Gasteiger partial charge in [0.15, 0.2) is 33.3 Å². The second-order valence-electron chi connectivity index (χ2n) is 15.1. The largest absolute Gasteiger partial charge is 0.491 e. The lowest BCUT2D eigenvalue weighted by Gasteiger charge is -2.37. The average molecular weight is 725 g/mol. The molecule has 0 radical (unpaired) electrons. The van der Waals surface area contributed by atoms with Crippen molar-refractivity contribution >= 4 is 45.2 Å². The third-order valence-electron chi connectivity index (χ3n) is 5.94. The number of rotatable bonds is 10. The fourth-order valence-corrected chi connectivity index (χ4v) is 8.87. The quantitative estimate of drug-likeness (QED) is 0.201. The van der Waals surface area contributed by atoms with E-state index >= 15 is 0 Å². The van der Waals surface area contributed by atoms with Gasteiger partial charge in [-0.25, -0.2) is 9.59 Å². The van der Waals surface area contributed by atoms with Crippen LogP contribution in [0.1, 0.15) is 13.8 Å². The first-order valence-electron chi connectivity index (χ1n) is 15.7. The lowest BCUT2D eigenvalue weighted by Crippen LogP contribution is -2.49. The summed E-state index contributed by atoms with van der Waals surface area (Å²) < 4.78 is 61.0. The zero-order valence-electron chi connectivity index (χ0n) is 31.0. The number of esters is 2. The monoisotopic (exact) mass is 724 g/mol. The molecule has 0 aromatic heterocycles.